The number of aryl methyl sites for hydroxylation is 1. The van der Waals surface area contributed by atoms with Gasteiger partial charge in [0, 0.05) is 22.8 Å². The minimum Gasteiger partial charge on any atom is -0.493 e. The maximum Gasteiger partial charge on any atom is 0.253 e. The third-order valence-corrected chi connectivity index (χ3v) is 4.25. The van der Waals surface area contributed by atoms with Gasteiger partial charge in [-0.25, -0.2) is 9.50 Å². The van der Waals surface area contributed by atoms with E-state index in [9.17, 15) is 0 Å². The number of methoxy groups -OCH3 is 2. The second kappa shape index (κ2) is 5.86. The van der Waals surface area contributed by atoms with Crippen molar-refractivity contribution in [2.75, 3.05) is 19.5 Å². The highest BCUT2D eigenvalue weighted by Crippen LogP contribution is 2.32. The zero-order chi connectivity index (χ0) is 17.6. The first kappa shape index (κ1) is 15.6. The molecule has 0 bridgehead atoms. The lowest BCUT2D eigenvalue weighted by molar-refractivity contribution is 0.355. The molecule has 25 heavy (non-hydrogen) atoms. The van der Waals surface area contributed by atoms with Crippen LogP contribution in [0.15, 0.2) is 30.3 Å². The van der Waals surface area contributed by atoms with Gasteiger partial charge in [0.05, 0.1) is 25.3 Å². The summed E-state index contributed by atoms with van der Waals surface area (Å²) in [5, 5.41) is 7.15. The van der Waals surface area contributed by atoms with Gasteiger partial charge in [-0.2, -0.15) is 4.98 Å². The number of nitrogens with zero attached hydrogens (tertiary/aromatic N) is 3. The summed E-state index contributed by atoms with van der Waals surface area (Å²) < 4.78 is 12.5. The Morgan fingerprint density at radius 3 is 2.56 bits per heavy atom. The Hall–Kier alpha value is -2.93. The zero-order valence-electron chi connectivity index (χ0n) is 13.9. The van der Waals surface area contributed by atoms with E-state index in [1.54, 1.807) is 18.7 Å². The molecule has 0 unspecified atom stereocenters. The maximum absolute atomic E-state index is 6.00. The molecule has 0 aliphatic carbocycles. The quantitative estimate of drug-likeness (QED) is 0.578. The lowest BCUT2D eigenvalue weighted by atomic mass is 10.2. The molecule has 2 N–H and O–H groups in total. The summed E-state index contributed by atoms with van der Waals surface area (Å²) in [5.41, 5.74) is 3.56. The Kier molecular flexibility index (Phi) is 3.65. The van der Waals surface area contributed by atoms with Gasteiger partial charge in [-0.05, 0) is 30.7 Å². The van der Waals surface area contributed by atoms with Crippen LogP contribution in [0.4, 0.5) is 11.6 Å². The van der Waals surface area contributed by atoms with E-state index in [1.807, 2.05) is 37.3 Å². The van der Waals surface area contributed by atoms with Crippen LogP contribution >= 0.6 is 11.6 Å². The number of anilines is 2. The Labute approximate surface area is 148 Å². The molecule has 0 saturated carbocycles. The minimum atomic E-state index is 0.555. The summed E-state index contributed by atoms with van der Waals surface area (Å²) in [4.78, 5) is 9.01. The van der Waals surface area contributed by atoms with Crippen LogP contribution in [0, 0.1) is 6.92 Å². The lowest BCUT2D eigenvalue weighted by Gasteiger charge is -2.07. The van der Waals surface area contributed by atoms with Gasteiger partial charge < -0.3 is 14.8 Å². The van der Waals surface area contributed by atoms with Gasteiger partial charge in [0.15, 0.2) is 11.5 Å². The first-order chi connectivity index (χ1) is 12.1. The van der Waals surface area contributed by atoms with E-state index in [0.29, 0.717) is 28.2 Å². The molecular formula is C17H16ClN5O2. The summed E-state index contributed by atoms with van der Waals surface area (Å²) in [6, 6.07) is 9.33. The first-order valence-electron chi connectivity index (χ1n) is 7.62. The summed E-state index contributed by atoms with van der Waals surface area (Å²) in [6.45, 7) is 1.98. The molecule has 2 aromatic carbocycles. The smallest absolute Gasteiger partial charge is 0.253 e. The van der Waals surface area contributed by atoms with E-state index in [2.05, 4.69) is 20.4 Å². The van der Waals surface area contributed by atoms with Crippen LogP contribution in [0.25, 0.3) is 16.8 Å². The molecule has 0 amide bonds. The SMILES string of the molecule is COc1cc2nc3nc(Nc4ccc(Cl)cc4C)[nH]n3c2cc1OC. The van der Waals surface area contributed by atoms with Crippen molar-refractivity contribution < 1.29 is 9.47 Å². The summed E-state index contributed by atoms with van der Waals surface area (Å²) in [7, 11) is 3.20. The van der Waals surface area contributed by atoms with E-state index in [4.69, 9.17) is 21.1 Å². The third kappa shape index (κ3) is 2.62. The molecule has 0 fully saturated rings. The Morgan fingerprint density at radius 2 is 1.84 bits per heavy atom. The Bertz CT molecular complexity index is 1090. The predicted octanol–water partition coefficient (Wildman–Crippen LogP) is 3.93. The van der Waals surface area contributed by atoms with Gasteiger partial charge in [-0.1, -0.05) is 11.6 Å². The topological polar surface area (TPSA) is 76.5 Å². The number of imidazole rings is 1. The van der Waals surface area contributed by atoms with Crippen molar-refractivity contribution in [3.63, 3.8) is 0 Å². The highest BCUT2D eigenvalue weighted by atomic mass is 35.5. The second-order valence-electron chi connectivity index (χ2n) is 5.60. The molecule has 0 radical (unpaired) electrons. The number of hydrogen-bond acceptors (Lipinski definition) is 5. The summed E-state index contributed by atoms with van der Waals surface area (Å²) in [6.07, 6.45) is 0. The van der Waals surface area contributed by atoms with Gasteiger partial charge in [0.25, 0.3) is 5.78 Å². The molecule has 8 heteroatoms. The van der Waals surface area contributed by atoms with Crippen molar-refractivity contribution in [3.05, 3.63) is 40.9 Å². The van der Waals surface area contributed by atoms with E-state index >= 15 is 0 Å². The number of hydrogen-bond donors (Lipinski definition) is 2. The van der Waals surface area contributed by atoms with E-state index in [-0.39, 0.29) is 0 Å². The average Bonchev–Trinajstić information content (AvgIpc) is 3.13. The van der Waals surface area contributed by atoms with Gasteiger partial charge in [0.2, 0.25) is 5.95 Å². The molecule has 4 aromatic rings. The highest BCUT2D eigenvalue weighted by Gasteiger charge is 2.14. The van der Waals surface area contributed by atoms with E-state index in [1.165, 1.54) is 0 Å². The van der Waals surface area contributed by atoms with E-state index in [0.717, 1.165) is 22.3 Å². The number of nitrogens with one attached hydrogen (secondary N) is 2. The Balaban J connectivity index is 1.77. The molecule has 0 spiro atoms. The molecule has 2 aromatic heterocycles. The van der Waals surface area contributed by atoms with Crippen molar-refractivity contribution in [2.45, 2.75) is 6.92 Å². The van der Waals surface area contributed by atoms with Gasteiger partial charge in [0.1, 0.15) is 0 Å². The van der Waals surface area contributed by atoms with Crippen molar-refractivity contribution in [3.8, 4) is 11.5 Å². The van der Waals surface area contributed by atoms with Crippen LogP contribution in [0.3, 0.4) is 0 Å². The van der Waals surface area contributed by atoms with Crippen LogP contribution in [0.1, 0.15) is 5.56 Å². The van der Waals surface area contributed by atoms with Gasteiger partial charge in [-0.3, -0.25) is 5.10 Å². The number of halogens is 1. The fourth-order valence-corrected chi connectivity index (χ4v) is 2.99. The van der Waals surface area contributed by atoms with Gasteiger partial charge >= 0.3 is 0 Å². The van der Waals surface area contributed by atoms with Crippen LogP contribution < -0.4 is 14.8 Å². The molecule has 2 heterocycles. The molecule has 0 aliphatic rings. The molecule has 7 nitrogen and oxygen atoms in total. The molecule has 0 atom stereocenters. The number of fused-ring (bicyclic) bond motifs is 3. The fourth-order valence-electron chi connectivity index (χ4n) is 2.76. The predicted molar refractivity (Wildman–Crippen MR) is 97.4 cm³/mol. The van der Waals surface area contributed by atoms with Gasteiger partial charge in [-0.15, -0.1) is 0 Å². The fraction of sp³-hybridized carbons (Fsp3) is 0.176. The number of H-pyrrole nitrogens is 1. The molecule has 0 aliphatic heterocycles. The first-order valence-corrected chi connectivity index (χ1v) is 8.00. The number of benzene rings is 2. The minimum absolute atomic E-state index is 0.555. The normalized spacial score (nSPS) is 11.2. The van der Waals surface area contributed by atoms with E-state index < -0.39 is 0 Å². The largest absolute Gasteiger partial charge is 0.493 e. The molecule has 128 valence electrons. The lowest BCUT2D eigenvalue weighted by Crippen LogP contribution is -1.96. The van der Waals surface area contributed by atoms with Crippen LogP contribution in [-0.2, 0) is 0 Å². The van der Waals surface area contributed by atoms with Crippen molar-refractivity contribution in [1.29, 1.82) is 0 Å². The average molecular weight is 358 g/mol. The third-order valence-electron chi connectivity index (χ3n) is 4.01. The zero-order valence-corrected chi connectivity index (χ0v) is 14.7. The van der Waals surface area contributed by atoms with Crippen LogP contribution in [0.2, 0.25) is 5.02 Å². The molecule has 0 saturated heterocycles. The standard InChI is InChI=1S/C17H16ClN5O2/c1-9-6-10(18)4-5-11(9)19-16-21-17-20-12-7-14(24-2)15(25-3)8-13(12)23(17)22-16/h4-8H,1-3H3,(H2,19,20,21,22). The second-order valence-corrected chi connectivity index (χ2v) is 6.04. The van der Waals surface area contributed by atoms with Crippen LogP contribution in [-0.4, -0.2) is 33.8 Å². The number of aromatic nitrogens is 4. The van der Waals surface area contributed by atoms with Crippen molar-refractivity contribution >= 4 is 40.0 Å². The summed E-state index contributed by atoms with van der Waals surface area (Å²) in [5.74, 6) is 2.41. The maximum atomic E-state index is 6.00. The van der Waals surface area contributed by atoms with Crippen molar-refractivity contribution in [1.82, 2.24) is 19.6 Å². The van der Waals surface area contributed by atoms with Crippen molar-refractivity contribution in [2.24, 2.45) is 0 Å². The number of aromatic amines is 1. The highest BCUT2D eigenvalue weighted by molar-refractivity contribution is 6.30. The monoisotopic (exact) mass is 357 g/mol. The Morgan fingerprint density at radius 1 is 1.08 bits per heavy atom. The molecule has 4 rings (SSSR count). The number of ether oxygens (including phenoxy) is 2. The van der Waals surface area contributed by atoms with Crippen LogP contribution in [0.5, 0.6) is 11.5 Å². The summed E-state index contributed by atoms with van der Waals surface area (Å²) >= 11 is 6.00. The number of rotatable bonds is 4. The molecular weight excluding hydrogens is 342 g/mol.